The van der Waals surface area contributed by atoms with E-state index in [1.807, 2.05) is 54.6 Å². The molecule has 0 aliphatic carbocycles. The second-order valence-corrected chi connectivity index (χ2v) is 11.6. The zero-order valence-electron chi connectivity index (χ0n) is 21.3. The minimum absolute atomic E-state index is 0.0552. The van der Waals surface area contributed by atoms with E-state index in [2.05, 4.69) is 44.3 Å². The van der Waals surface area contributed by atoms with E-state index in [-0.39, 0.29) is 5.91 Å². The summed E-state index contributed by atoms with van der Waals surface area (Å²) in [4.78, 5) is 22.2. The molecule has 3 aromatic rings. The molecule has 1 N–H and O–H groups in total. The summed E-state index contributed by atoms with van der Waals surface area (Å²) in [5.41, 5.74) is 3.36. The molecule has 1 fully saturated rings. The highest BCUT2D eigenvalue weighted by Crippen LogP contribution is 2.41. The van der Waals surface area contributed by atoms with Crippen molar-refractivity contribution in [2.24, 2.45) is 0 Å². The largest absolute Gasteiger partial charge is 0.369 e. The zero-order chi connectivity index (χ0) is 26.3. The number of hydrogen-bond acceptors (Lipinski definition) is 5. The number of para-hydroxylation sites is 1. The van der Waals surface area contributed by atoms with Gasteiger partial charge in [0.1, 0.15) is 0 Å². The van der Waals surface area contributed by atoms with E-state index in [1.54, 1.807) is 11.8 Å². The highest BCUT2D eigenvalue weighted by molar-refractivity contribution is 8.03. The van der Waals surface area contributed by atoms with Gasteiger partial charge in [-0.25, -0.2) is 0 Å². The van der Waals surface area contributed by atoms with Crippen molar-refractivity contribution in [3.05, 3.63) is 93.3 Å². The number of benzene rings is 3. The number of carbonyl (C=O) groups is 1. The molecule has 2 aliphatic rings. The lowest BCUT2D eigenvalue weighted by atomic mass is 10.2. The Morgan fingerprint density at radius 3 is 2.47 bits per heavy atom. The Morgan fingerprint density at radius 2 is 1.68 bits per heavy atom. The van der Waals surface area contributed by atoms with E-state index >= 15 is 0 Å². The third kappa shape index (κ3) is 7.26. The van der Waals surface area contributed by atoms with Crippen molar-refractivity contribution < 1.29 is 4.79 Å². The van der Waals surface area contributed by atoms with Gasteiger partial charge in [0.15, 0.2) is 0 Å². The fraction of sp³-hybridized carbons (Fsp3) is 0.300. The molecule has 5 rings (SSSR count). The van der Waals surface area contributed by atoms with Crippen molar-refractivity contribution in [2.75, 3.05) is 62.2 Å². The predicted octanol–water partition coefficient (Wildman–Crippen LogP) is 6.28. The summed E-state index contributed by atoms with van der Waals surface area (Å²) in [6, 6.07) is 24.2. The zero-order valence-corrected chi connectivity index (χ0v) is 23.6. The van der Waals surface area contributed by atoms with Crippen molar-refractivity contribution in [3.63, 3.8) is 0 Å². The Morgan fingerprint density at radius 1 is 0.921 bits per heavy atom. The first-order valence-electron chi connectivity index (χ1n) is 13.0. The predicted molar refractivity (Wildman–Crippen MR) is 162 cm³/mol. The van der Waals surface area contributed by atoms with E-state index in [4.69, 9.17) is 23.2 Å². The lowest BCUT2D eigenvalue weighted by Crippen LogP contribution is -2.47. The third-order valence-corrected chi connectivity index (χ3v) is 8.37. The Kier molecular flexibility index (Phi) is 9.18. The Hall–Kier alpha value is -2.64. The Bertz CT molecular complexity index is 1290. The smallest absolute Gasteiger partial charge is 0.239 e. The van der Waals surface area contributed by atoms with Crippen LogP contribution in [0.2, 0.25) is 10.0 Å². The molecule has 0 spiro atoms. The Balaban J connectivity index is 1.09. The maximum atomic E-state index is 12.9. The van der Waals surface area contributed by atoms with Crippen LogP contribution in [0.3, 0.4) is 0 Å². The van der Waals surface area contributed by atoms with E-state index in [0.717, 1.165) is 65.3 Å². The number of fused-ring (bicyclic) bond motifs is 1. The minimum Gasteiger partial charge on any atom is -0.369 e. The third-order valence-electron chi connectivity index (χ3n) is 6.82. The normalized spacial score (nSPS) is 16.9. The number of nitrogens with zero attached hydrogens (tertiary/aromatic N) is 3. The topological polar surface area (TPSA) is 38.8 Å². The van der Waals surface area contributed by atoms with Crippen LogP contribution in [0.4, 0.5) is 11.4 Å². The summed E-state index contributed by atoms with van der Waals surface area (Å²) in [6.45, 7) is 6.71. The average molecular weight is 568 g/mol. The van der Waals surface area contributed by atoms with Crippen LogP contribution in [-0.4, -0.2) is 63.2 Å². The van der Waals surface area contributed by atoms with Gasteiger partial charge in [0, 0.05) is 64.8 Å². The van der Waals surface area contributed by atoms with Gasteiger partial charge in [-0.15, -0.1) is 0 Å². The van der Waals surface area contributed by atoms with Crippen LogP contribution in [0.1, 0.15) is 12.0 Å². The molecule has 1 saturated heterocycles. The molecule has 0 saturated carbocycles. The first-order chi connectivity index (χ1) is 18.5. The first-order valence-corrected chi connectivity index (χ1v) is 14.6. The summed E-state index contributed by atoms with van der Waals surface area (Å²) in [5, 5.41) is 4.64. The van der Waals surface area contributed by atoms with Crippen molar-refractivity contribution in [3.8, 4) is 0 Å². The molecule has 3 aromatic carbocycles. The SMILES string of the molecule is O=C(CN1C/C(=C/c2cccc(Cl)c2)Sc2ccccc21)NCCCN1CCN(c2cccc(Cl)c2)CC1. The molecule has 0 radical (unpaired) electrons. The maximum Gasteiger partial charge on any atom is 0.239 e. The van der Waals surface area contributed by atoms with Gasteiger partial charge in [0.25, 0.3) is 0 Å². The molecule has 0 bridgehead atoms. The minimum atomic E-state index is 0.0552. The number of hydrogen-bond donors (Lipinski definition) is 1. The quantitative estimate of drug-likeness (QED) is 0.325. The summed E-state index contributed by atoms with van der Waals surface area (Å²) in [6.07, 6.45) is 3.10. The van der Waals surface area contributed by atoms with Gasteiger partial charge in [-0.2, -0.15) is 0 Å². The van der Waals surface area contributed by atoms with Gasteiger partial charge in [-0.05, 0) is 67.1 Å². The fourth-order valence-electron chi connectivity index (χ4n) is 4.91. The lowest BCUT2D eigenvalue weighted by molar-refractivity contribution is -0.119. The van der Waals surface area contributed by atoms with Crippen LogP contribution in [0.25, 0.3) is 6.08 Å². The summed E-state index contributed by atoms with van der Waals surface area (Å²) in [7, 11) is 0. The summed E-state index contributed by atoms with van der Waals surface area (Å²) < 4.78 is 0. The van der Waals surface area contributed by atoms with E-state index in [0.29, 0.717) is 19.6 Å². The molecular weight excluding hydrogens is 535 g/mol. The molecular formula is C30H32Cl2N4OS. The standard InChI is InChI=1S/C30H32Cl2N4OS/c31-24-7-3-6-23(18-24)19-27-21-36(28-10-1-2-11-29(28)38-27)22-30(37)33-12-5-13-34-14-16-35(17-15-34)26-9-4-8-25(32)20-26/h1-4,6-11,18-20H,5,12-17,21-22H2,(H,33,37)/b27-19-. The van der Waals surface area contributed by atoms with Crippen LogP contribution in [0, 0.1) is 0 Å². The van der Waals surface area contributed by atoms with Crippen LogP contribution in [-0.2, 0) is 4.79 Å². The van der Waals surface area contributed by atoms with Gasteiger partial charge in [-0.3, -0.25) is 9.69 Å². The Labute approximate surface area is 239 Å². The van der Waals surface area contributed by atoms with Crippen LogP contribution in [0.15, 0.2) is 82.6 Å². The molecule has 2 aliphatic heterocycles. The lowest BCUT2D eigenvalue weighted by Gasteiger charge is -2.36. The van der Waals surface area contributed by atoms with Gasteiger partial charge >= 0.3 is 0 Å². The van der Waals surface area contributed by atoms with Gasteiger partial charge in [0.2, 0.25) is 5.91 Å². The molecule has 0 atom stereocenters. The second kappa shape index (κ2) is 12.9. The highest BCUT2D eigenvalue weighted by atomic mass is 35.5. The molecule has 0 unspecified atom stereocenters. The monoisotopic (exact) mass is 566 g/mol. The molecule has 0 aromatic heterocycles. The van der Waals surface area contributed by atoms with E-state index in [1.165, 1.54) is 10.6 Å². The van der Waals surface area contributed by atoms with Crippen molar-refractivity contribution in [1.82, 2.24) is 10.2 Å². The summed E-state index contributed by atoms with van der Waals surface area (Å²) in [5.74, 6) is 0.0552. The van der Waals surface area contributed by atoms with E-state index in [9.17, 15) is 4.79 Å². The number of thioether (sulfide) groups is 1. The van der Waals surface area contributed by atoms with Crippen LogP contribution >= 0.6 is 35.0 Å². The number of amides is 1. The second-order valence-electron chi connectivity index (χ2n) is 9.60. The average Bonchev–Trinajstić information content (AvgIpc) is 2.91. The first kappa shape index (κ1) is 26.9. The van der Waals surface area contributed by atoms with Gasteiger partial charge in [-0.1, -0.05) is 65.3 Å². The van der Waals surface area contributed by atoms with E-state index < -0.39 is 0 Å². The maximum absolute atomic E-state index is 12.9. The summed E-state index contributed by atoms with van der Waals surface area (Å²) >= 11 is 14.1. The van der Waals surface area contributed by atoms with Crippen molar-refractivity contribution in [2.45, 2.75) is 11.3 Å². The molecule has 38 heavy (non-hydrogen) atoms. The number of anilines is 2. The number of halogens is 2. The number of carbonyl (C=O) groups excluding carboxylic acids is 1. The molecule has 1 amide bonds. The number of rotatable bonds is 8. The molecule has 2 heterocycles. The number of piperazine rings is 1. The van der Waals surface area contributed by atoms with Gasteiger partial charge < -0.3 is 15.1 Å². The molecule has 198 valence electrons. The van der Waals surface area contributed by atoms with Crippen LogP contribution in [0.5, 0.6) is 0 Å². The van der Waals surface area contributed by atoms with Crippen molar-refractivity contribution >= 4 is 58.3 Å². The molecule has 8 heteroatoms. The van der Waals surface area contributed by atoms with Gasteiger partial charge in [0.05, 0.1) is 12.2 Å². The van der Waals surface area contributed by atoms with Crippen LogP contribution < -0.4 is 15.1 Å². The molecule has 5 nitrogen and oxygen atoms in total. The fourth-order valence-corrected chi connectivity index (χ4v) is 6.44. The van der Waals surface area contributed by atoms with Crippen molar-refractivity contribution in [1.29, 1.82) is 0 Å². The number of nitrogens with one attached hydrogen (secondary N) is 1. The highest BCUT2D eigenvalue weighted by Gasteiger charge is 2.23.